The van der Waals surface area contributed by atoms with E-state index < -0.39 is 36.3 Å². The maximum absolute atomic E-state index is 14.4. The Balaban J connectivity index is 1.34. The fourth-order valence-corrected chi connectivity index (χ4v) is 6.74. The molecule has 200 valence electrons. The van der Waals surface area contributed by atoms with Crippen LogP contribution < -0.4 is 10.6 Å². The summed E-state index contributed by atoms with van der Waals surface area (Å²) in [6, 6.07) is -2.36. The lowest BCUT2D eigenvalue weighted by atomic mass is 9.77. The molecule has 2 aliphatic heterocycles. The van der Waals surface area contributed by atoms with E-state index in [0.717, 1.165) is 30.6 Å². The Labute approximate surface area is 205 Å². The monoisotopic (exact) mass is 504 g/mol. The predicted octanol–water partition coefficient (Wildman–Crippen LogP) is 3.26. The third-order valence-corrected chi connectivity index (χ3v) is 8.73. The molecule has 2 heterocycles. The van der Waals surface area contributed by atoms with Crippen molar-refractivity contribution >= 4 is 11.8 Å². The van der Waals surface area contributed by atoms with Gasteiger partial charge in [-0.25, -0.2) is 4.39 Å². The Kier molecular flexibility index (Phi) is 8.01. The van der Waals surface area contributed by atoms with Gasteiger partial charge in [0.2, 0.25) is 11.8 Å². The van der Waals surface area contributed by atoms with E-state index in [9.17, 15) is 27.2 Å². The molecule has 10 heteroatoms. The Morgan fingerprint density at radius 2 is 1.80 bits per heavy atom. The van der Waals surface area contributed by atoms with Crippen LogP contribution in [0, 0.1) is 17.8 Å². The van der Waals surface area contributed by atoms with Crippen LogP contribution in [0.2, 0.25) is 0 Å². The van der Waals surface area contributed by atoms with Crippen LogP contribution in [0.3, 0.4) is 0 Å². The average molecular weight is 505 g/mol. The minimum atomic E-state index is -4.48. The Morgan fingerprint density at radius 1 is 1.06 bits per heavy atom. The highest BCUT2D eigenvalue weighted by Crippen LogP contribution is 2.39. The van der Waals surface area contributed by atoms with Gasteiger partial charge in [-0.05, 0) is 50.9 Å². The first-order valence-corrected chi connectivity index (χ1v) is 13.3. The van der Waals surface area contributed by atoms with Gasteiger partial charge in [0.1, 0.15) is 12.2 Å². The second kappa shape index (κ2) is 10.5. The first-order valence-electron chi connectivity index (χ1n) is 13.3. The van der Waals surface area contributed by atoms with Gasteiger partial charge in [0.25, 0.3) is 0 Å². The number of fused-ring (bicyclic) bond motifs is 1. The zero-order chi connectivity index (χ0) is 25.5. The number of nitrogens with one attached hydrogen (secondary N) is 2. The van der Waals surface area contributed by atoms with E-state index in [0.29, 0.717) is 31.7 Å². The first-order chi connectivity index (χ1) is 16.5. The molecule has 2 amide bonds. The molecule has 0 spiro atoms. The first kappa shape index (κ1) is 26.6. The molecule has 2 aliphatic carbocycles. The van der Waals surface area contributed by atoms with Gasteiger partial charge >= 0.3 is 6.18 Å². The van der Waals surface area contributed by atoms with Crippen LogP contribution >= 0.6 is 0 Å². The zero-order valence-electron chi connectivity index (χ0n) is 21.0. The molecule has 2 saturated carbocycles. The van der Waals surface area contributed by atoms with E-state index in [1.165, 1.54) is 0 Å². The van der Waals surface area contributed by atoms with Crippen molar-refractivity contribution in [2.24, 2.45) is 17.8 Å². The molecule has 0 aromatic carbocycles. The molecule has 35 heavy (non-hydrogen) atoms. The van der Waals surface area contributed by atoms with E-state index in [4.69, 9.17) is 0 Å². The quantitative estimate of drug-likeness (QED) is 0.577. The van der Waals surface area contributed by atoms with Crippen molar-refractivity contribution in [2.75, 3.05) is 19.6 Å². The van der Waals surface area contributed by atoms with Gasteiger partial charge in [0, 0.05) is 49.6 Å². The highest BCUT2D eigenvalue weighted by atomic mass is 19.4. The molecule has 6 nitrogen and oxygen atoms in total. The summed E-state index contributed by atoms with van der Waals surface area (Å²) in [5.41, 5.74) is 0. The standard InChI is InChI=1S/C25H40F4N4O2/c1-14(2)24(35)33-10-9-32(13-21(33)25(27,28)29)17-6-4-5-16(11-17)30-23(34)20-12-18-19(26)8-7-15(3)22(18)31-20/h14-22,31H,4-13H2,1-3H3,(H,30,34)/t15?,16-,17-,18?,19?,20?,21-,22?/m1/s1. The summed E-state index contributed by atoms with van der Waals surface area (Å²) in [6.07, 6.45) is -0.496. The topological polar surface area (TPSA) is 64.7 Å². The molecule has 2 saturated heterocycles. The van der Waals surface area contributed by atoms with Crippen molar-refractivity contribution < 1.29 is 27.2 Å². The van der Waals surface area contributed by atoms with Crippen LogP contribution in [0.25, 0.3) is 0 Å². The summed E-state index contributed by atoms with van der Waals surface area (Å²) < 4.78 is 56.0. The Hall–Kier alpha value is -1.42. The summed E-state index contributed by atoms with van der Waals surface area (Å²) >= 11 is 0. The van der Waals surface area contributed by atoms with Crippen molar-refractivity contribution in [1.82, 2.24) is 20.4 Å². The molecule has 0 aromatic heterocycles. The summed E-state index contributed by atoms with van der Waals surface area (Å²) in [5, 5.41) is 6.47. The molecule has 4 aliphatic rings. The Morgan fingerprint density at radius 3 is 2.46 bits per heavy atom. The molecule has 0 radical (unpaired) electrons. The minimum Gasteiger partial charge on any atom is -0.352 e. The van der Waals surface area contributed by atoms with Crippen LogP contribution in [0.5, 0.6) is 0 Å². The number of carbonyl (C=O) groups is 2. The largest absolute Gasteiger partial charge is 0.410 e. The number of halogens is 4. The number of hydrogen-bond acceptors (Lipinski definition) is 4. The molecule has 4 fully saturated rings. The molecule has 8 atom stereocenters. The number of piperazine rings is 1. The highest BCUT2D eigenvalue weighted by molar-refractivity contribution is 5.82. The fourth-order valence-electron chi connectivity index (χ4n) is 6.74. The van der Waals surface area contributed by atoms with Crippen molar-refractivity contribution in [3.8, 4) is 0 Å². The van der Waals surface area contributed by atoms with Gasteiger partial charge in [0.05, 0.1) is 6.04 Å². The number of nitrogens with zero attached hydrogens (tertiary/aromatic N) is 2. The summed E-state index contributed by atoms with van der Waals surface area (Å²) in [5.74, 6) is -0.853. The molecular weight excluding hydrogens is 464 g/mol. The molecule has 2 N–H and O–H groups in total. The second-order valence-corrected chi connectivity index (χ2v) is 11.5. The van der Waals surface area contributed by atoms with Gasteiger partial charge in [-0.2, -0.15) is 13.2 Å². The maximum Gasteiger partial charge on any atom is 0.410 e. The number of amides is 2. The number of carbonyl (C=O) groups excluding carboxylic acids is 2. The average Bonchev–Trinajstić information content (AvgIpc) is 3.27. The predicted molar refractivity (Wildman–Crippen MR) is 124 cm³/mol. The normalized spacial score (nSPS) is 38.9. The summed E-state index contributed by atoms with van der Waals surface area (Å²) in [6.45, 7) is 5.59. The molecular formula is C25H40F4N4O2. The van der Waals surface area contributed by atoms with Crippen molar-refractivity contribution in [3.05, 3.63) is 0 Å². The SMILES string of the molecule is CC(C)C(=O)N1CCN([C@@H]2CCC[C@@H](NC(=O)C3CC4C(F)CCC(C)C4N3)C2)C[C@@H]1C(F)(F)F. The van der Waals surface area contributed by atoms with Gasteiger partial charge in [-0.1, -0.05) is 20.8 Å². The van der Waals surface area contributed by atoms with Gasteiger partial charge in [-0.15, -0.1) is 0 Å². The molecule has 5 unspecified atom stereocenters. The summed E-state index contributed by atoms with van der Waals surface area (Å²) in [4.78, 5) is 28.3. The van der Waals surface area contributed by atoms with E-state index in [1.54, 1.807) is 13.8 Å². The fraction of sp³-hybridized carbons (Fsp3) is 0.920. The zero-order valence-corrected chi connectivity index (χ0v) is 21.0. The second-order valence-electron chi connectivity index (χ2n) is 11.5. The Bertz CT molecular complexity index is 761. The third-order valence-electron chi connectivity index (χ3n) is 8.73. The van der Waals surface area contributed by atoms with Crippen molar-refractivity contribution in [3.63, 3.8) is 0 Å². The summed E-state index contributed by atoms with van der Waals surface area (Å²) in [7, 11) is 0. The van der Waals surface area contributed by atoms with Crippen LogP contribution in [-0.4, -0.2) is 83.8 Å². The van der Waals surface area contributed by atoms with Crippen LogP contribution in [0.1, 0.15) is 65.7 Å². The molecule has 0 aromatic rings. The maximum atomic E-state index is 14.4. The van der Waals surface area contributed by atoms with E-state index >= 15 is 0 Å². The van der Waals surface area contributed by atoms with Crippen LogP contribution in [-0.2, 0) is 9.59 Å². The van der Waals surface area contributed by atoms with Crippen LogP contribution in [0.15, 0.2) is 0 Å². The van der Waals surface area contributed by atoms with Crippen molar-refractivity contribution in [2.45, 2.75) is 108 Å². The van der Waals surface area contributed by atoms with E-state index in [1.807, 2.05) is 4.90 Å². The lowest BCUT2D eigenvalue weighted by Gasteiger charge is -2.47. The minimum absolute atomic E-state index is 0.0257. The third kappa shape index (κ3) is 5.78. The lowest BCUT2D eigenvalue weighted by molar-refractivity contribution is -0.204. The van der Waals surface area contributed by atoms with E-state index in [2.05, 4.69) is 17.6 Å². The number of alkyl halides is 4. The van der Waals surface area contributed by atoms with Gasteiger partial charge in [0.15, 0.2) is 0 Å². The van der Waals surface area contributed by atoms with E-state index in [-0.39, 0.29) is 43.0 Å². The van der Waals surface area contributed by atoms with Gasteiger partial charge < -0.3 is 15.5 Å². The highest BCUT2D eigenvalue weighted by Gasteiger charge is 2.50. The lowest BCUT2D eigenvalue weighted by Crippen LogP contribution is -2.63. The van der Waals surface area contributed by atoms with Crippen molar-refractivity contribution in [1.29, 1.82) is 0 Å². The smallest absolute Gasteiger partial charge is 0.352 e. The van der Waals surface area contributed by atoms with Crippen LogP contribution in [0.4, 0.5) is 17.6 Å². The molecule has 4 rings (SSSR count). The number of rotatable bonds is 4. The number of hydrogen-bond donors (Lipinski definition) is 2. The molecule has 0 bridgehead atoms. The van der Waals surface area contributed by atoms with Gasteiger partial charge in [-0.3, -0.25) is 14.5 Å².